The van der Waals surface area contributed by atoms with Crippen LogP contribution in [0.25, 0.3) is 0 Å². The second kappa shape index (κ2) is 4.62. The van der Waals surface area contributed by atoms with E-state index >= 15 is 0 Å². The number of nitrogens with zero attached hydrogens (tertiary/aromatic N) is 2. The van der Waals surface area contributed by atoms with Crippen molar-refractivity contribution >= 4 is 11.6 Å². The van der Waals surface area contributed by atoms with E-state index in [1.165, 1.54) is 0 Å². The minimum absolute atomic E-state index is 0.0983. The van der Waals surface area contributed by atoms with Gasteiger partial charge in [0.15, 0.2) is 0 Å². The zero-order valence-electron chi connectivity index (χ0n) is 12.3. The molecule has 19 heavy (non-hydrogen) atoms. The molecule has 0 saturated heterocycles. The molecule has 1 amide bonds. The Morgan fingerprint density at radius 1 is 1.37 bits per heavy atom. The molecule has 0 aliphatic carbocycles. The number of hydrogen-bond acceptors (Lipinski definition) is 3. The lowest BCUT2D eigenvalue weighted by molar-refractivity contribution is -0.117. The second-order valence-electron chi connectivity index (χ2n) is 6.04. The maximum atomic E-state index is 11.7. The van der Waals surface area contributed by atoms with Crippen LogP contribution >= 0.6 is 0 Å². The summed E-state index contributed by atoms with van der Waals surface area (Å²) in [6.07, 6.45) is 0.450. The fourth-order valence-electron chi connectivity index (χ4n) is 3.00. The van der Waals surface area contributed by atoms with E-state index in [-0.39, 0.29) is 11.9 Å². The van der Waals surface area contributed by atoms with Crippen molar-refractivity contribution in [3.63, 3.8) is 0 Å². The standard InChI is InChI=1S/C15H22N2O2/c1-15(2,19)14(16(3)4)10-6-7-12-11(8-10)9-13(18)17(12)5/h6-8,14,19H,9H2,1-5H3. The van der Waals surface area contributed by atoms with Crippen LogP contribution in [0, 0.1) is 0 Å². The number of anilines is 1. The summed E-state index contributed by atoms with van der Waals surface area (Å²) in [5.74, 6) is 0.122. The molecule has 0 bridgehead atoms. The summed E-state index contributed by atoms with van der Waals surface area (Å²) in [6.45, 7) is 3.62. The summed E-state index contributed by atoms with van der Waals surface area (Å²) in [5.41, 5.74) is 2.22. The summed E-state index contributed by atoms with van der Waals surface area (Å²) in [5, 5.41) is 10.3. The molecule has 1 N–H and O–H groups in total. The van der Waals surface area contributed by atoms with E-state index in [0.29, 0.717) is 6.42 Å². The van der Waals surface area contributed by atoms with Crippen LogP contribution in [0.5, 0.6) is 0 Å². The fourth-order valence-corrected chi connectivity index (χ4v) is 3.00. The van der Waals surface area contributed by atoms with Gasteiger partial charge in [-0.05, 0) is 45.1 Å². The third kappa shape index (κ3) is 2.51. The van der Waals surface area contributed by atoms with Crippen molar-refractivity contribution in [2.24, 2.45) is 0 Å². The average Bonchev–Trinajstić information content (AvgIpc) is 2.52. The Bertz CT molecular complexity index is 503. The number of carbonyl (C=O) groups excluding carboxylic acids is 1. The van der Waals surface area contributed by atoms with Gasteiger partial charge < -0.3 is 10.0 Å². The van der Waals surface area contributed by atoms with Gasteiger partial charge in [-0.15, -0.1) is 0 Å². The van der Waals surface area contributed by atoms with Gasteiger partial charge in [0.2, 0.25) is 5.91 Å². The number of benzene rings is 1. The lowest BCUT2D eigenvalue weighted by atomic mass is 9.89. The van der Waals surface area contributed by atoms with Gasteiger partial charge in [0.1, 0.15) is 0 Å². The first-order valence-electron chi connectivity index (χ1n) is 6.50. The fraction of sp³-hybridized carbons (Fsp3) is 0.533. The molecule has 104 valence electrons. The molecule has 1 aliphatic rings. The second-order valence-corrected chi connectivity index (χ2v) is 6.04. The topological polar surface area (TPSA) is 43.8 Å². The number of aliphatic hydroxyl groups is 1. The number of amides is 1. The van der Waals surface area contributed by atoms with E-state index < -0.39 is 5.60 Å². The lowest BCUT2D eigenvalue weighted by Crippen LogP contribution is -2.38. The summed E-state index contributed by atoms with van der Waals surface area (Å²) in [7, 11) is 5.70. The highest BCUT2D eigenvalue weighted by Crippen LogP contribution is 2.35. The van der Waals surface area contributed by atoms with Gasteiger partial charge in [-0.25, -0.2) is 0 Å². The normalized spacial score (nSPS) is 17.0. The van der Waals surface area contributed by atoms with E-state index in [9.17, 15) is 9.90 Å². The van der Waals surface area contributed by atoms with Crippen LogP contribution < -0.4 is 4.90 Å². The highest BCUT2D eigenvalue weighted by atomic mass is 16.3. The smallest absolute Gasteiger partial charge is 0.231 e. The van der Waals surface area contributed by atoms with Crippen LogP contribution in [-0.2, 0) is 11.2 Å². The third-order valence-electron chi connectivity index (χ3n) is 3.68. The number of rotatable bonds is 3. The summed E-state index contributed by atoms with van der Waals surface area (Å²) in [6, 6.07) is 5.91. The lowest BCUT2D eigenvalue weighted by Gasteiger charge is -2.35. The molecule has 2 rings (SSSR count). The van der Waals surface area contributed by atoms with Crippen molar-refractivity contribution in [2.45, 2.75) is 31.9 Å². The first-order chi connectivity index (χ1) is 8.71. The highest BCUT2D eigenvalue weighted by molar-refractivity contribution is 6.00. The molecule has 1 atom stereocenters. The van der Waals surface area contributed by atoms with Gasteiger partial charge in [-0.3, -0.25) is 9.69 Å². The Morgan fingerprint density at radius 3 is 2.53 bits per heavy atom. The Balaban J connectivity index is 2.43. The summed E-state index contributed by atoms with van der Waals surface area (Å²) >= 11 is 0. The molecule has 0 aromatic heterocycles. The molecule has 1 aromatic carbocycles. The minimum atomic E-state index is -0.841. The Hall–Kier alpha value is -1.39. The van der Waals surface area contributed by atoms with Gasteiger partial charge >= 0.3 is 0 Å². The first-order valence-corrected chi connectivity index (χ1v) is 6.50. The first kappa shape index (κ1) is 14.0. The molecular weight excluding hydrogens is 240 g/mol. The Labute approximate surface area is 114 Å². The Morgan fingerprint density at radius 2 is 2.00 bits per heavy atom. The molecule has 0 radical (unpaired) electrons. The zero-order chi connectivity index (χ0) is 14.4. The molecule has 1 heterocycles. The maximum Gasteiger partial charge on any atom is 0.231 e. The monoisotopic (exact) mass is 262 g/mol. The largest absolute Gasteiger partial charge is 0.388 e. The number of fused-ring (bicyclic) bond motifs is 1. The Kier molecular flexibility index (Phi) is 3.41. The van der Waals surface area contributed by atoms with Crippen LogP contribution in [0.1, 0.15) is 31.0 Å². The molecule has 0 fully saturated rings. The number of carbonyl (C=O) groups is 1. The minimum Gasteiger partial charge on any atom is -0.388 e. The molecule has 1 unspecified atom stereocenters. The molecule has 0 saturated carbocycles. The van der Waals surface area contributed by atoms with Gasteiger partial charge in [0.25, 0.3) is 0 Å². The predicted molar refractivity (Wildman–Crippen MR) is 76.3 cm³/mol. The van der Waals surface area contributed by atoms with Gasteiger partial charge in [-0.2, -0.15) is 0 Å². The van der Waals surface area contributed by atoms with Crippen molar-refractivity contribution in [2.75, 3.05) is 26.0 Å². The molecular formula is C15H22N2O2. The quantitative estimate of drug-likeness (QED) is 0.899. The van der Waals surface area contributed by atoms with Crippen LogP contribution in [0.3, 0.4) is 0 Å². The van der Waals surface area contributed by atoms with E-state index in [4.69, 9.17) is 0 Å². The van der Waals surface area contributed by atoms with Gasteiger partial charge in [0, 0.05) is 12.7 Å². The highest BCUT2D eigenvalue weighted by Gasteiger charge is 2.32. The number of likely N-dealkylation sites (N-methyl/N-ethyl adjacent to an activating group) is 2. The van der Waals surface area contributed by atoms with E-state index in [1.54, 1.807) is 11.9 Å². The summed E-state index contributed by atoms with van der Waals surface area (Å²) in [4.78, 5) is 15.4. The molecule has 0 spiro atoms. The molecule has 4 nitrogen and oxygen atoms in total. The maximum absolute atomic E-state index is 11.7. The molecule has 1 aromatic rings. The van der Waals surface area contributed by atoms with Crippen molar-refractivity contribution in [3.8, 4) is 0 Å². The number of hydrogen-bond donors (Lipinski definition) is 1. The van der Waals surface area contributed by atoms with Crippen molar-refractivity contribution in [1.29, 1.82) is 0 Å². The zero-order valence-corrected chi connectivity index (χ0v) is 12.3. The van der Waals surface area contributed by atoms with Crippen molar-refractivity contribution in [1.82, 2.24) is 4.90 Å². The van der Waals surface area contributed by atoms with Crippen LogP contribution in [0.2, 0.25) is 0 Å². The van der Waals surface area contributed by atoms with Gasteiger partial charge in [-0.1, -0.05) is 12.1 Å². The van der Waals surface area contributed by atoms with Gasteiger partial charge in [0.05, 0.1) is 18.1 Å². The van der Waals surface area contributed by atoms with E-state index in [2.05, 4.69) is 0 Å². The van der Waals surface area contributed by atoms with Crippen LogP contribution in [0.4, 0.5) is 5.69 Å². The summed E-state index contributed by atoms with van der Waals surface area (Å²) < 4.78 is 0. The molecule has 1 aliphatic heterocycles. The van der Waals surface area contributed by atoms with Crippen LogP contribution in [0.15, 0.2) is 18.2 Å². The SMILES string of the molecule is CN1C(=O)Cc2cc(C(N(C)C)C(C)(C)O)ccc21. The van der Waals surface area contributed by atoms with Crippen molar-refractivity contribution in [3.05, 3.63) is 29.3 Å². The van der Waals surface area contributed by atoms with E-state index in [0.717, 1.165) is 16.8 Å². The molecule has 4 heteroatoms. The van der Waals surface area contributed by atoms with Crippen LogP contribution in [-0.4, -0.2) is 42.7 Å². The third-order valence-corrected chi connectivity index (χ3v) is 3.68. The van der Waals surface area contributed by atoms with Crippen molar-refractivity contribution < 1.29 is 9.90 Å². The average molecular weight is 262 g/mol. The van der Waals surface area contributed by atoms with E-state index in [1.807, 2.05) is 51.0 Å². The predicted octanol–water partition coefficient (Wildman–Crippen LogP) is 1.58.